The molecule has 6 nitrogen and oxygen atoms in total. The van der Waals surface area contributed by atoms with E-state index >= 15 is 0 Å². The number of nitrogens with zero attached hydrogens (tertiary/aromatic N) is 4. The molecular weight excluding hydrogens is 382 g/mol. The standard InChI is InChI=1S/C15H23BrClN5O/c1-10(9-23-4)22-15(12-8-11(16)14(17)18-12)19-13(20-22)6-5-7-21(2)3/h8,10,18H,5-7,9H2,1-4H3. The number of H-pyrrole nitrogens is 1. The van der Waals surface area contributed by atoms with Crippen molar-refractivity contribution in [2.75, 3.05) is 34.4 Å². The van der Waals surface area contributed by atoms with Gasteiger partial charge in [-0.25, -0.2) is 9.67 Å². The minimum Gasteiger partial charge on any atom is -0.382 e. The maximum absolute atomic E-state index is 6.11. The molecule has 23 heavy (non-hydrogen) atoms. The largest absolute Gasteiger partial charge is 0.382 e. The maximum atomic E-state index is 6.11. The van der Waals surface area contributed by atoms with Gasteiger partial charge in [-0.05, 0) is 56.0 Å². The molecule has 2 aromatic heterocycles. The molecule has 0 aliphatic rings. The first-order valence-corrected chi connectivity index (χ1v) is 8.73. The Morgan fingerprint density at radius 1 is 1.48 bits per heavy atom. The predicted octanol–water partition coefficient (Wildman–Crippen LogP) is 3.39. The fourth-order valence-electron chi connectivity index (χ4n) is 2.35. The van der Waals surface area contributed by atoms with E-state index in [1.165, 1.54) is 0 Å². The summed E-state index contributed by atoms with van der Waals surface area (Å²) in [5, 5.41) is 5.23. The Labute approximate surface area is 150 Å². The average Bonchev–Trinajstić information content (AvgIpc) is 3.03. The SMILES string of the molecule is COCC(C)n1nc(CCCN(C)C)nc1-c1cc(Br)c(Cl)[nH]1. The molecular formula is C15H23BrClN5O. The van der Waals surface area contributed by atoms with Gasteiger partial charge in [-0.2, -0.15) is 5.10 Å². The molecule has 0 amide bonds. The van der Waals surface area contributed by atoms with Gasteiger partial charge < -0.3 is 14.6 Å². The summed E-state index contributed by atoms with van der Waals surface area (Å²) < 4.78 is 7.98. The van der Waals surface area contributed by atoms with Crippen molar-refractivity contribution in [1.29, 1.82) is 0 Å². The normalized spacial score (nSPS) is 13.0. The Morgan fingerprint density at radius 2 is 2.22 bits per heavy atom. The van der Waals surface area contributed by atoms with Crippen molar-refractivity contribution in [3.8, 4) is 11.5 Å². The number of nitrogens with one attached hydrogen (secondary N) is 1. The van der Waals surface area contributed by atoms with Crippen molar-refractivity contribution in [1.82, 2.24) is 24.6 Å². The molecule has 2 rings (SSSR count). The summed E-state index contributed by atoms with van der Waals surface area (Å²) in [5.74, 6) is 1.62. The predicted molar refractivity (Wildman–Crippen MR) is 96.0 cm³/mol. The van der Waals surface area contributed by atoms with Crippen LogP contribution in [-0.4, -0.2) is 59.0 Å². The van der Waals surface area contributed by atoms with Crippen molar-refractivity contribution >= 4 is 27.5 Å². The van der Waals surface area contributed by atoms with E-state index in [4.69, 9.17) is 21.3 Å². The highest BCUT2D eigenvalue weighted by molar-refractivity contribution is 9.10. The summed E-state index contributed by atoms with van der Waals surface area (Å²) in [5.41, 5.74) is 0.844. The summed E-state index contributed by atoms with van der Waals surface area (Å²) >= 11 is 9.53. The molecule has 1 atom stereocenters. The lowest BCUT2D eigenvalue weighted by atomic mass is 10.3. The lowest BCUT2D eigenvalue weighted by Gasteiger charge is -2.12. The minimum absolute atomic E-state index is 0.0888. The van der Waals surface area contributed by atoms with Crippen LogP contribution in [0, 0.1) is 0 Å². The number of ether oxygens (including phenoxy) is 1. The number of methoxy groups -OCH3 is 1. The zero-order chi connectivity index (χ0) is 17.0. The third-order valence-corrected chi connectivity index (χ3v) is 4.62. The fraction of sp³-hybridized carbons (Fsp3) is 0.600. The molecule has 1 N–H and O–H groups in total. The zero-order valence-corrected chi connectivity index (χ0v) is 16.3. The van der Waals surface area contributed by atoms with Crippen LogP contribution in [0.1, 0.15) is 25.2 Å². The highest BCUT2D eigenvalue weighted by Gasteiger charge is 2.19. The van der Waals surface area contributed by atoms with Crippen LogP contribution in [0.5, 0.6) is 0 Å². The Hall–Kier alpha value is -0.890. The topological polar surface area (TPSA) is 59.0 Å². The van der Waals surface area contributed by atoms with Gasteiger partial charge >= 0.3 is 0 Å². The van der Waals surface area contributed by atoms with Crippen LogP contribution >= 0.6 is 27.5 Å². The molecule has 1 unspecified atom stereocenters. The van der Waals surface area contributed by atoms with Gasteiger partial charge in [0, 0.05) is 13.5 Å². The highest BCUT2D eigenvalue weighted by atomic mass is 79.9. The molecule has 0 saturated carbocycles. The van der Waals surface area contributed by atoms with E-state index in [-0.39, 0.29) is 6.04 Å². The lowest BCUT2D eigenvalue weighted by molar-refractivity contribution is 0.157. The molecule has 0 aliphatic carbocycles. The van der Waals surface area contributed by atoms with Crippen LogP contribution in [0.25, 0.3) is 11.5 Å². The second-order valence-electron chi connectivity index (χ2n) is 5.85. The van der Waals surface area contributed by atoms with E-state index in [0.29, 0.717) is 11.8 Å². The number of halogens is 2. The van der Waals surface area contributed by atoms with Gasteiger partial charge in [0.1, 0.15) is 5.15 Å². The van der Waals surface area contributed by atoms with Gasteiger partial charge in [0.05, 0.1) is 22.8 Å². The van der Waals surface area contributed by atoms with Gasteiger partial charge in [-0.3, -0.25) is 0 Å². The molecule has 0 bridgehead atoms. The van der Waals surface area contributed by atoms with Crippen molar-refractivity contribution in [2.45, 2.75) is 25.8 Å². The number of aryl methyl sites for hydroxylation is 1. The summed E-state index contributed by atoms with van der Waals surface area (Å²) in [6.07, 6.45) is 1.86. The monoisotopic (exact) mass is 403 g/mol. The van der Waals surface area contributed by atoms with Crippen LogP contribution in [-0.2, 0) is 11.2 Å². The number of aromatic nitrogens is 4. The summed E-state index contributed by atoms with van der Waals surface area (Å²) in [6.45, 7) is 3.64. The molecule has 0 spiro atoms. The fourth-order valence-corrected chi connectivity index (χ4v) is 2.84. The number of aromatic amines is 1. The number of hydrogen-bond acceptors (Lipinski definition) is 4. The average molecular weight is 405 g/mol. The zero-order valence-electron chi connectivity index (χ0n) is 13.9. The lowest BCUT2D eigenvalue weighted by Crippen LogP contribution is -2.15. The Bertz CT molecular complexity index is 620. The van der Waals surface area contributed by atoms with Crippen LogP contribution < -0.4 is 0 Å². The van der Waals surface area contributed by atoms with Crippen LogP contribution in [0.4, 0.5) is 0 Å². The van der Waals surface area contributed by atoms with Crippen LogP contribution in [0.3, 0.4) is 0 Å². The van der Waals surface area contributed by atoms with E-state index in [9.17, 15) is 0 Å². The number of rotatable bonds is 8. The molecule has 0 aromatic carbocycles. The first-order chi connectivity index (χ1) is 10.9. The first-order valence-electron chi connectivity index (χ1n) is 7.55. The van der Waals surface area contributed by atoms with Gasteiger partial charge in [-0.1, -0.05) is 11.6 Å². The smallest absolute Gasteiger partial charge is 0.175 e. The molecule has 0 fully saturated rings. The highest BCUT2D eigenvalue weighted by Crippen LogP contribution is 2.29. The summed E-state index contributed by atoms with van der Waals surface area (Å²) in [4.78, 5) is 9.99. The Balaban J connectivity index is 2.28. The van der Waals surface area contributed by atoms with E-state index in [1.807, 2.05) is 10.7 Å². The summed E-state index contributed by atoms with van der Waals surface area (Å²) in [6, 6.07) is 2.01. The van der Waals surface area contributed by atoms with E-state index < -0.39 is 0 Å². The van der Waals surface area contributed by atoms with Crippen molar-refractivity contribution in [3.63, 3.8) is 0 Å². The third-order valence-electron chi connectivity index (χ3n) is 3.47. The molecule has 2 aromatic rings. The summed E-state index contributed by atoms with van der Waals surface area (Å²) in [7, 11) is 5.82. The Morgan fingerprint density at radius 3 is 2.78 bits per heavy atom. The molecule has 2 heterocycles. The van der Waals surface area contributed by atoms with Crippen molar-refractivity contribution in [3.05, 3.63) is 21.5 Å². The van der Waals surface area contributed by atoms with Gasteiger partial charge in [0.15, 0.2) is 11.6 Å². The van der Waals surface area contributed by atoms with E-state index in [2.05, 4.69) is 51.9 Å². The molecule has 8 heteroatoms. The van der Waals surface area contributed by atoms with Crippen LogP contribution in [0.15, 0.2) is 10.5 Å². The molecule has 0 radical (unpaired) electrons. The van der Waals surface area contributed by atoms with Crippen molar-refractivity contribution in [2.24, 2.45) is 0 Å². The molecule has 0 aliphatic heterocycles. The van der Waals surface area contributed by atoms with Gasteiger partial charge in [-0.15, -0.1) is 0 Å². The first kappa shape index (κ1) is 18.4. The van der Waals surface area contributed by atoms with Gasteiger partial charge in [0.25, 0.3) is 0 Å². The number of hydrogen-bond donors (Lipinski definition) is 1. The molecule has 128 valence electrons. The minimum atomic E-state index is 0.0888. The second-order valence-corrected chi connectivity index (χ2v) is 7.08. The third kappa shape index (κ3) is 4.79. The second kappa shape index (κ2) is 8.28. The van der Waals surface area contributed by atoms with E-state index in [1.54, 1.807) is 7.11 Å². The quantitative estimate of drug-likeness (QED) is 0.732. The van der Waals surface area contributed by atoms with Crippen molar-refractivity contribution < 1.29 is 4.74 Å². The molecule has 0 saturated heterocycles. The maximum Gasteiger partial charge on any atom is 0.175 e. The Kier molecular flexibility index (Phi) is 6.64. The van der Waals surface area contributed by atoms with E-state index in [0.717, 1.165) is 41.2 Å². The van der Waals surface area contributed by atoms with Gasteiger partial charge in [0.2, 0.25) is 0 Å². The van der Waals surface area contributed by atoms with Crippen LogP contribution in [0.2, 0.25) is 5.15 Å².